The summed E-state index contributed by atoms with van der Waals surface area (Å²) < 4.78 is 5.92. The highest BCUT2D eigenvalue weighted by molar-refractivity contribution is 7.13. The summed E-state index contributed by atoms with van der Waals surface area (Å²) in [5.74, 6) is 0.523. The first-order valence-corrected chi connectivity index (χ1v) is 10.8. The van der Waals surface area contributed by atoms with Gasteiger partial charge in [-0.2, -0.15) is 0 Å². The quantitative estimate of drug-likeness (QED) is 0.535. The normalized spacial score (nSPS) is 10.9. The summed E-state index contributed by atoms with van der Waals surface area (Å²) in [7, 11) is 0. The Morgan fingerprint density at radius 1 is 1.10 bits per heavy atom. The zero-order valence-corrected chi connectivity index (χ0v) is 18.0. The second kappa shape index (κ2) is 10.2. The van der Waals surface area contributed by atoms with Gasteiger partial charge in [0, 0.05) is 28.7 Å². The molecule has 6 heteroatoms. The number of ether oxygens (including phenoxy) is 1. The third-order valence-corrected chi connectivity index (χ3v) is 5.72. The van der Waals surface area contributed by atoms with Crippen LogP contribution in [0, 0.1) is 6.92 Å². The molecule has 1 heterocycles. The van der Waals surface area contributed by atoms with E-state index in [-0.39, 0.29) is 5.91 Å². The molecule has 1 amide bonds. The number of likely N-dealkylation sites (N-methyl/N-ethyl adjacent to an activating group) is 1. The first kappa shape index (κ1) is 21.0. The Morgan fingerprint density at radius 3 is 2.48 bits per heavy atom. The number of nitrogens with one attached hydrogen (secondary N) is 1. The maximum atomic E-state index is 12.7. The van der Waals surface area contributed by atoms with Crippen molar-refractivity contribution in [3.63, 3.8) is 0 Å². The van der Waals surface area contributed by atoms with E-state index in [1.54, 1.807) is 11.3 Å². The molecule has 3 rings (SSSR count). The average Bonchev–Trinajstić information content (AvgIpc) is 3.19. The average molecular weight is 410 g/mol. The van der Waals surface area contributed by atoms with Crippen molar-refractivity contribution < 1.29 is 9.53 Å². The van der Waals surface area contributed by atoms with E-state index >= 15 is 0 Å². The van der Waals surface area contributed by atoms with Gasteiger partial charge in [0.1, 0.15) is 17.4 Å². The Kier molecular flexibility index (Phi) is 7.38. The van der Waals surface area contributed by atoms with Crippen molar-refractivity contribution in [3.05, 3.63) is 65.2 Å². The molecule has 0 aliphatic heterocycles. The number of thiazole rings is 1. The van der Waals surface area contributed by atoms with Gasteiger partial charge in [0.2, 0.25) is 0 Å². The van der Waals surface area contributed by atoms with E-state index in [2.05, 4.69) is 29.0 Å². The minimum atomic E-state index is -0.160. The van der Waals surface area contributed by atoms with E-state index in [0.29, 0.717) is 23.6 Å². The fourth-order valence-corrected chi connectivity index (χ4v) is 3.77. The first-order valence-electron chi connectivity index (χ1n) is 9.88. The van der Waals surface area contributed by atoms with Crippen LogP contribution in [0.1, 0.15) is 29.9 Å². The molecule has 3 aromatic rings. The highest BCUT2D eigenvalue weighted by Gasteiger charge is 2.11. The van der Waals surface area contributed by atoms with E-state index in [1.807, 2.05) is 60.8 Å². The SMILES string of the molecule is CCN(CC)CCOc1ccccc1NC(=O)c1ccc(-c2nc(C)cs2)cc1. The van der Waals surface area contributed by atoms with Gasteiger partial charge >= 0.3 is 0 Å². The predicted octanol–water partition coefficient (Wildman–Crippen LogP) is 5.09. The van der Waals surface area contributed by atoms with Gasteiger partial charge in [0.05, 0.1) is 5.69 Å². The lowest BCUT2D eigenvalue weighted by atomic mass is 10.1. The monoisotopic (exact) mass is 409 g/mol. The molecule has 0 saturated carbocycles. The van der Waals surface area contributed by atoms with Gasteiger partial charge in [-0.1, -0.05) is 38.1 Å². The van der Waals surface area contributed by atoms with Gasteiger partial charge < -0.3 is 15.0 Å². The summed E-state index contributed by atoms with van der Waals surface area (Å²) >= 11 is 1.60. The van der Waals surface area contributed by atoms with Crippen LogP contribution in [-0.4, -0.2) is 42.0 Å². The van der Waals surface area contributed by atoms with Crippen LogP contribution in [0.2, 0.25) is 0 Å². The number of carbonyl (C=O) groups is 1. The fraction of sp³-hybridized carbons (Fsp3) is 0.304. The molecule has 0 fully saturated rings. The van der Waals surface area contributed by atoms with Gasteiger partial charge in [0.15, 0.2) is 0 Å². The number of carbonyl (C=O) groups excluding carboxylic acids is 1. The number of aryl methyl sites for hydroxylation is 1. The van der Waals surface area contributed by atoms with Crippen molar-refractivity contribution in [2.24, 2.45) is 0 Å². The van der Waals surface area contributed by atoms with Crippen LogP contribution in [0.4, 0.5) is 5.69 Å². The zero-order valence-electron chi connectivity index (χ0n) is 17.1. The number of para-hydroxylation sites is 2. The molecule has 2 aromatic carbocycles. The van der Waals surface area contributed by atoms with Crippen LogP contribution >= 0.6 is 11.3 Å². The Balaban J connectivity index is 1.64. The highest BCUT2D eigenvalue weighted by atomic mass is 32.1. The lowest BCUT2D eigenvalue weighted by Gasteiger charge is -2.19. The summed E-state index contributed by atoms with van der Waals surface area (Å²) in [4.78, 5) is 19.5. The van der Waals surface area contributed by atoms with E-state index in [4.69, 9.17) is 4.74 Å². The molecule has 0 aliphatic carbocycles. The minimum absolute atomic E-state index is 0.160. The van der Waals surface area contributed by atoms with Gasteiger partial charge in [-0.3, -0.25) is 4.79 Å². The van der Waals surface area contributed by atoms with Crippen LogP contribution in [0.3, 0.4) is 0 Å². The van der Waals surface area contributed by atoms with E-state index in [9.17, 15) is 4.79 Å². The third kappa shape index (κ3) is 5.65. The summed E-state index contributed by atoms with van der Waals surface area (Å²) in [5, 5.41) is 5.95. The third-order valence-electron chi connectivity index (χ3n) is 4.71. The predicted molar refractivity (Wildman–Crippen MR) is 120 cm³/mol. The molecular formula is C23H27N3O2S. The zero-order chi connectivity index (χ0) is 20.6. The summed E-state index contributed by atoms with van der Waals surface area (Å²) in [6, 6.07) is 15.0. The molecule has 0 radical (unpaired) electrons. The molecular weight excluding hydrogens is 382 g/mol. The number of hydrogen-bond acceptors (Lipinski definition) is 5. The van der Waals surface area contributed by atoms with Crippen molar-refractivity contribution in [1.29, 1.82) is 0 Å². The van der Waals surface area contributed by atoms with Gasteiger partial charge in [-0.15, -0.1) is 11.3 Å². The van der Waals surface area contributed by atoms with Crippen LogP contribution in [0.5, 0.6) is 5.75 Å². The highest BCUT2D eigenvalue weighted by Crippen LogP contribution is 2.26. The number of benzene rings is 2. The first-order chi connectivity index (χ1) is 14.1. The van der Waals surface area contributed by atoms with Crippen molar-refractivity contribution in [3.8, 4) is 16.3 Å². The van der Waals surface area contributed by atoms with Crippen molar-refractivity contribution in [2.45, 2.75) is 20.8 Å². The molecule has 29 heavy (non-hydrogen) atoms. The number of rotatable bonds is 9. The van der Waals surface area contributed by atoms with Gasteiger partial charge in [-0.25, -0.2) is 4.98 Å². The van der Waals surface area contributed by atoms with E-state index < -0.39 is 0 Å². The molecule has 0 saturated heterocycles. The molecule has 0 unspecified atom stereocenters. The number of nitrogens with zero attached hydrogens (tertiary/aromatic N) is 2. The maximum Gasteiger partial charge on any atom is 0.255 e. The standard InChI is InChI=1S/C23H27N3O2S/c1-4-26(5-2)14-15-28-21-9-7-6-8-20(21)25-22(27)18-10-12-19(13-11-18)23-24-17(3)16-29-23/h6-13,16H,4-5,14-15H2,1-3H3,(H,25,27). The fourth-order valence-electron chi connectivity index (χ4n) is 2.97. The number of anilines is 1. The van der Waals surface area contributed by atoms with Crippen LogP contribution in [-0.2, 0) is 0 Å². The van der Waals surface area contributed by atoms with Gasteiger partial charge in [0.25, 0.3) is 5.91 Å². The Morgan fingerprint density at radius 2 is 1.83 bits per heavy atom. The van der Waals surface area contributed by atoms with Crippen LogP contribution < -0.4 is 10.1 Å². The topological polar surface area (TPSA) is 54.5 Å². The molecule has 1 aromatic heterocycles. The minimum Gasteiger partial charge on any atom is -0.490 e. The van der Waals surface area contributed by atoms with Crippen molar-refractivity contribution in [2.75, 3.05) is 31.6 Å². The summed E-state index contributed by atoms with van der Waals surface area (Å²) in [6.07, 6.45) is 0. The lowest BCUT2D eigenvalue weighted by molar-refractivity contribution is 0.102. The van der Waals surface area contributed by atoms with Crippen LogP contribution in [0.15, 0.2) is 53.9 Å². The van der Waals surface area contributed by atoms with Crippen molar-refractivity contribution >= 4 is 22.9 Å². The molecule has 0 atom stereocenters. The second-order valence-corrected chi connectivity index (χ2v) is 7.56. The second-order valence-electron chi connectivity index (χ2n) is 6.70. The van der Waals surface area contributed by atoms with Crippen molar-refractivity contribution in [1.82, 2.24) is 9.88 Å². The van der Waals surface area contributed by atoms with E-state index in [1.165, 1.54) is 0 Å². The number of amides is 1. The lowest BCUT2D eigenvalue weighted by Crippen LogP contribution is -2.28. The largest absolute Gasteiger partial charge is 0.490 e. The van der Waals surface area contributed by atoms with Gasteiger partial charge in [-0.05, 0) is 44.3 Å². The number of hydrogen-bond donors (Lipinski definition) is 1. The maximum absolute atomic E-state index is 12.7. The summed E-state index contributed by atoms with van der Waals surface area (Å²) in [5.41, 5.74) is 3.29. The molecule has 0 aliphatic rings. The summed E-state index contributed by atoms with van der Waals surface area (Å²) in [6.45, 7) is 9.67. The van der Waals surface area contributed by atoms with Crippen LogP contribution in [0.25, 0.3) is 10.6 Å². The molecule has 5 nitrogen and oxygen atoms in total. The molecule has 0 bridgehead atoms. The Labute approximate surface area is 176 Å². The molecule has 0 spiro atoms. The Hall–Kier alpha value is -2.70. The van der Waals surface area contributed by atoms with E-state index in [0.717, 1.165) is 35.9 Å². The Bertz CT molecular complexity index is 933. The molecule has 152 valence electrons. The smallest absolute Gasteiger partial charge is 0.255 e. The molecule has 1 N–H and O–H groups in total. The number of aromatic nitrogens is 1.